The van der Waals surface area contributed by atoms with E-state index in [0.717, 1.165) is 30.6 Å². The molecule has 1 aromatic heterocycles. The van der Waals surface area contributed by atoms with Crippen LogP contribution in [0.5, 0.6) is 5.75 Å². The molecule has 1 fully saturated rings. The summed E-state index contributed by atoms with van der Waals surface area (Å²) in [6.07, 6.45) is 2.61. The number of carbonyl (C=O) groups excluding carboxylic acids is 2. The number of benzene rings is 1. The minimum atomic E-state index is -3.74. The van der Waals surface area contributed by atoms with Crippen LogP contribution in [0.1, 0.15) is 28.9 Å². The number of nitrogens with one attached hydrogen (secondary N) is 3. The van der Waals surface area contributed by atoms with Gasteiger partial charge in [0.25, 0.3) is 11.8 Å². The van der Waals surface area contributed by atoms with Crippen LogP contribution >= 0.6 is 11.3 Å². The number of sulfonamides is 1. The smallest absolute Gasteiger partial charge is 0.281 e. The molecule has 0 aliphatic carbocycles. The number of rotatable bonds is 7. The Morgan fingerprint density at radius 1 is 1.07 bits per heavy atom. The van der Waals surface area contributed by atoms with E-state index in [1.165, 1.54) is 10.4 Å². The van der Waals surface area contributed by atoms with Crippen molar-refractivity contribution < 1.29 is 22.7 Å². The van der Waals surface area contributed by atoms with Crippen molar-refractivity contribution in [2.45, 2.75) is 24.2 Å². The Kier molecular flexibility index (Phi) is 7.29. The second-order valence-corrected chi connectivity index (χ2v) is 9.49. The summed E-state index contributed by atoms with van der Waals surface area (Å²) in [6, 6.07) is 8.45. The molecule has 1 aliphatic rings. The minimum Gasteiger partial charge on any atom is -0.497 e. The Morgan fingerprint density at radius 2 is 1.77 bits per heavy atom. The molecule has 2 aromatic rings. The number of carbonyl (C=O) groups is 2. The van der Waals surface area contributed by atoms with E-state index in [1.807, 2.05) is 0 Å². The predicted octanol–water partition coefficient (Wildman–Crippen LogP) is 1.80. The molecule has 11 heteroatoms. The highest BCUT2D eigenvalue weighted by Crippen LogP contribution is 2.27. The highest BCUT2D eigenvalue weighted by molar-refractivity contribution is 7.89. The van der Waals surface area contributed by atoms with Gasteiger partial charge in [-0.15, -0.1) is 11.3 Å². The average Bonchev–Trinajstić information content (AvgIpc) is 3.28. The van der Waals surface area contributed by atoms with Crippen LogP contribution in [0.2, 0.25) is 0 Å². The Labute approximate surface area is 179 Å². The number of hydrogen-bond acceptors (Lipinski definition) is 7. The molecule has 3 rings (SSSR count). The Bertz CT molecular complexity index is 983. The van der Waals surface area contributed by atoms with Crippen LogP contribution in [0.4, 0.5) is 5.69 Å². The number of hydrogen-bond donors (Lipinski definition) is 3. The van der Waals surface area contributed by atoms with Crippen LogP contribution in [0.25, 0.3) is 0 Å². The average molecular weight is 453 g/mol. The van der Waals surface area contributed by atoms with Gasteiger partial charge in [0, 0.05) is 18.8 Å². The number of ether oxygens (including phenoxy) is 1. The topological polar surface area (TPSA) is 117 Å². The molecule has 0 radical (unpaired) electrons. The monoisotopic (exact) mass is 452 g/mol. The second-order valence-electron chi connectivity index (χ2n) is 6.66. The molecule has 0 atom stereocenters. The molecule has 0 bridgehead atoms. The lowest BCUT2D eigenvalue weighted by molar-refractivity contribution is -0.120. The molecular formula is C19H24N4O5S2. The molecule has 2 heterocycles. The van der Waals surface area contributed by atoms with Gasteiger partial charge in [0.15, 0.2) is 0 Å². The second kappa shape index (κ2) is 9.92. The van der Waals surface area contributed by atoms with Crippen molar-refractivity contribution in [2.24, 2.45) is 0 Å². The lowest BCUT2D eigenvalue weighted by atomic mass is 10.2. The van der Waals surface area contributed by atoms with Gasteiger partial charge in [0.1, 0.15) is 15.5 Å². The zero-order valence-electron chi connectivity index (χ0n) is 16.5. The van der Waals surface area contributed by atoms with E-state index < -0.39 is 21.8 Å². The van der Waals surface area contributed by atoms with E-state index >= 15 is 0 Å². The van der Waals surface area contributed by atoms with E-state index in [4.69, 9.17) is 4.74 Å². The number of amides is 2. The van der Waals surface area contributed by atoms with Gasteiger partial charge in [-0.1, -0.05) is 6.42 Å². The van der Waals surface area contributed by atoms with Crippen molar-refractivity contribution in [2.75, 3.05) is 32.1 Å². The summed E-state index contributed by atoms with van der Waals surface area (Å²) in [5.41, 5.74) is 5.29. The van der Waals surface area contributed by atoms with E-state index in [9.17, 15) is 18.0 Å². The van der Waals surface area contributed by atoms with Gasteiger partial charge >= 0.3 is 0 Å². The third kappa shape index (κ3) is 5.29. The van der Waals surface area contributed by atoms with E-state index in [2.05, 4.69) is 16.2 Å². The highest BCUT2D eigenvalue weighted by atomic mass is 32.2. The molecule has 0 saturated carbocycles. The number of anilines is 1. The number of hydrazine groups is 1. The van der Waals surface area contributed by atoms with Crippen LogP contribution in [0.3, 0.4) is 0 Å². The number of methoxy groups -OCH3 is 1. The first-order chi connectivity index (χ1) is 14.4. The summed E-state index contributed by atoms with van der Waals surface area (Å²) in [4.78, 5) is 24.5. The number of thiophene rings is 1. The number of nitrogens with zero attached hydrogens (tertiary/aromatic N) is 1. The first-order valence-electron chi connectivity index (χ1n) is 9.46. The fraction of sp³-hybridized carbons (Fsp3) is 0.368. The van der Waals surface area contributed by atoms with Crippen LogP contribution in [-0.4, -0.2) is 51.3 Å². The number of piperidine rings is 1. The summed E-state index contributed by atoms with van der Waals surface area (Å²) in [7, 11) is -2.17. The largest absolute Gasteiger partial charge is 0.497 e. The first kappa shape index (κ1) is 22.1. The van der Waals surface area contributed by atoms with E-state index in [1.54, 1.807) is 36.8 Å². The van der Waals surface area contributed by atoms with Crippen LogP contribution in [0, 0.1) is 0 Å². The van der Waals surface area contributed by atoms with Crippen LogP contribution in [-0.2, 0) is 14.8 Å². The van der Waals surface area contributed by atoms with Crippen LogP contribution in [0.15, 0.2) is 40.6 Å². The van der Waals surface area contributed by atoms with Crippen molar-refractivity contribution >= 4 is 38.9 Å². The van der Waals surface area contributed by atoms with Gasteiger partial charge in [-0.25, -0.2) is 8.42 Å². The third-order valence-electron chi connectivity index (χ3n) is 4.63. The van der Waals surface area contributed by atoms with Gasteiger partial charge in [0.2, 0.25) is 10.0 Å². The summed E-state index contributed by atoms with van der Waals surface area (Å²) in [5, 5.41) is 4.47. The summed E-state index contributed by atoms with van der Waals surface area (Å²) >= 11 is 1.02. The fourth-order valence-corrected chi connectivity index (χ4v) is 5.84. The van der Waals surface area contributed by atoms with Crippen molar-refractivity contribution in [3.8, 4) is 5.75 Å². The zero-order valence-corrected chi connectivity index (χ0v) is 18.1. The zero-order chi connectivity index (χ0) is 21.6. The summed E-state index contributed by atoms with van der Waals surface area (Å²) in [5.74, 6) is -0.446. The maximum Gasteiger partial charge on any atom is 0.281 e. The standard InChI is InChI=1S/C19H24N4O5S2/c1-28-15-7-5-14(6-8-15)20-13-17(24)21-22-19(25)18-16(9-12-29-18)30(26,27)23-10-3-2-4-11-23/h5-9,12,20H,2-4,10-11,13H2,1H3,(H,21,24)(H,22,25). The SMILES string of the molecule is COc1ccc(NCC(=O)NNC(=O)c2sccc2S(=O)(=O)N2CCCCC2)cc1. The fourth-order valence-electron chi connectivity index (χ4n) is 3.03. The Morgan fingerprint density at radius 3 is 2.43 bits per heavy atom. The van der Waals surface area contributed by atoms with Crippen molar-refractivity contribution in [3.63, 3.8) is 0 Å². The van der Waals surface area contributed by atoms with Crippen molar-refractivity contribution in [1.29, 1.82) is 0 Å². The molecule has 2 amide bonds. The molecule has 0 unspecified atom stereocenters. The van der Waals surface area contributed by atoms with Gasteiger partial charge < -0.3 is 10.1 Å². The van der Waals surface area contributed by atoms with Crippen molar-refractivity contribution in [3.05, 3.63) is 40.6 Å². The van der Waals surface area contributed by atoms with Gasteiger partial charge in [0.05, 0.1) is 13.7 Å². The Balaban J connectivity index is 1.55. The maximum absolute atomic E-state index is 12.9. The minimum absolute atomic E-state index is 0.0301. The predicted molar refractivity (Wildman–Crippen MR) is 114 cm³/mol. The first-order valence-corrected chi connectivity index (χ1v) is 11.8. The molecule has 9 nitrogen and oxygen atoms in total. The Hall–Kier alpha value is -2.63. The normalized spacial score (nSPS) is 14.7. The molecule has 3 N–H and O–H groups in total. The maximum atomic E-state index is 12.9. The molecule has 30 heavy (non-hydrogen) atoms. The molecule has 162 valence electrons. The van der Waals surface area contributed by atoms with Crippen molar-refractivity contribution in [1.82, 2.24) is 15.2 Å². The lowest BCUT2D eigenvalue weighted by Gasteiger charge is -2.25. The molecular weight excluding hydrogens is 428 g/mol. The highest BCUT2D eigenvalue weighted by Gasteiger charge is 2.31. The third-order valence-corrected chi connectivity index (χ3v) is 7.61. The molecule has 0 spiro atoms. The molecule has 1 saturated heterocycles. The van der Waals surface area contributed by atoms with Gasteiger partial charge in [-0.05, 0) is 48.6 Å². The van der Waals surface area contributed by atoms with Gasteiger partial charge in [-0.3, -0.25) is 20.4 Å². The van der Waals surface area contributed by atoms with Crippen LogP contribution < -0.4 is 20.9 Å². The lowest BCUT2D eigenvalue weighted by Crippen LogP contribution is -2.44. The summed E-state index contributed by atoms with van der Waals surface area (Å²) in [6.45, 7) is 0.829. The van der Waals surface area contributed by atoms with E-state index in [-0.39, 0.29) is 16.3 Å². The summed E-state index contributed by atoms with van der Waals surface area (Å²) < 4.78 is 32.2. The molecule has 1 aromatic carbocycles. The quantitative estimate of drug-likeness (QED) is 0.552. The molecule has 1 aliphatic heterocycles. The van der Waals surface area contributed by atoms with E-state index in [0.29, 0.717) is 24.5 Å². The van der Waals surface area contributed by atoms with Gasteiger partial charge in [-0.2, -0.15) is 4.31 Å².